The minimum Gasteiger partial charge on any atom is -0.392 e. The zero-order valence-corrected chi connectivity index (χ0v) is 8.35. The lowest BCUT2D eigenvalue weighted by Crippen LogP contribution is -2.28. The monoisotopic (exact) mass is 196 g/mol. The highest BCUT2D eigenvalue weighted by atomic mass is 16.3. The first-order valence-corrected chi connectivity index (χ1v) is 4.99. The molecule has 1 unspecified atom stereocenters. The number of aliphatic hydroxyl groups is 1. The van der Waals surface area contributed by atoms with Crippen molar-refractivity contribution in [2.75, 3.05) is 6.54 Å². The van der Waals surface area contributed by atoms with Gasteiger partial charge >= 0.3 is 0 Å². The van der Waals surface area contributed by atoms with Gasteiger partial charge in [-0.15, -0.1) is 0 Å². The Morgan fingerprint density at radius 2 is 2.50 bits per heavy atom. The second-order valence-corrected chi connectivity index (χ2v) is 3.84. The molecule has 0 bridgehead atoms. The fourth-order valence-corrected chi connectivity index (χ4v) is 1.46. The minimum atomic E-state index is -0.191. The van der Waals surface area contributed by atoms with Crippen molar-refractivity contribution in [3.8, 4) is 0 Å². The first-order chi connectivity index (χ1) is 6.77. The lowest BCUT2D eigenvalue weighted by Gasteiger charge is -2.09. The van der Waals surface area contributed by atoms with E-state index in [0.29, 0.717) is 19.0 Å². The predicted octanol–water partition coefficient (Wildman–Crippen LogP) is -0.324. The van der Waals surface area contributed by atoms with E-state index < -0.39 is 0 Å². The van der Waals surface area contributed by atoms with Crippen LogP contribution in [0.15, 0.2) is 6.33 Å². The van der Waals surface area contributed by atoms with Gasteiger partial charge in [0.15, 0.2) is 0 Å². The molecule has 1 atom stereocenters. The highest BCUT2D eigenvalue weighted by molar-refractivity contribution is 4.85. The molecule has 0 radical (unpaired) electrons. The summed E-state index contributed by atoms with van der Waals surface area (Å²) < 4.78 is 1.73. The summed E-state index contributed by atoms with van der Waals surface area (Å²) in [4.78, 5) is 4.08. The van der Waals surface area contributed by atoms with Crippen LogP contribution in [0.1, 0.15) is 18.7 Å². The third-order valence-corrected chi connectivity index (χ3v) is 2.61. The molecule has 2 N–H and O–H groups in total. The maximum Gasteiger partial charge on any atom is 0.140 e. The molecule has 0 aromatic carbocycles. The fraction of sp³-hybridized carbons (Fsp3) is 0.778. The summed E-state index contributed by atoms with van der Waals surface area (Å²) in [5.74, 6) is 1.43. The number of rotatable bonds is 5. The van der Waals surface area contributed by atoms with Crippen molar-refractivity contribution >= 4 is 0 Å². The third-order valence-electron chi connectivity index (χ3n) is 2.61. The average Bonchev–Trinajstić information content (AvgIpc) is 2.93. The standard InChI is InChI=1S/C9H16N4O/c1-13-9(11-6-12-13)5-10-4-8(14)7-2-3-7/h6-8,10,14H,2-5H2,1H3. The minimum absolute atomic E-state index is 0.191. The summed E-state index contributed by atoms with van der Waals surface area (Å²) >= 11 is 0. The quantitative estimate of drug-likeness (QED) is 0.677. The molecule has 1 heterocycles. The predicted molar refractivity (Wildman–Crippen MR) is 51.4 cm³/mol. The average molecular weight is 196 g/mol. The van der Waals surface area contributed by atoms with Gasteiger partial charge in [0.05, 0.1) is 12.6 Å². The fourth-order valence-electron chi connectivity index (χ4n) is 1.46. The summed E-state index contributed by atoms with van der Waals surface area (Å²) in [6.45, 7) is 1.32. The number of nitrogens with one attached hydrogen (secondary N) is 1. The molecule has 2 rings (SSSR count). The van der Waals surface area contributed by atoms with E-state index in [4.69, 9.17) is 0 Å². The summed E-state index contributed by atoms with van der Waals surface area (Å²) in [7, 11) is 1.86. The zero-order valence-electron chi connectivity index (χ0n) is 8.35. The molecule has 1 aromatic heterocycles. The Hall–Kier alpha value is -0.940. The van der Waals surface area contributed by atoms with Crippen LogP contribution < -0.4 is 5.32 Å². The van der Waals surface area contributed by atoms with Crippen LogP contribution in [0.25, 0.3) is 0 Å². The Balaban J connectivity index is 1.69. The topological polar surface area (TPSA) is 63.0 Å². The number of hydrogen-bond acceptors (Lipinski definition) is 4. The molecular weight excluding hydrogens is 180 g/mol. The molecule has 1 saturated carbocycles. The highest BCUT2D eigenvalue weighted by Crippen LogP contribution is 2.32. The van der Waals surface area contributed by atoms with Gasteiger partial charge in [-0.3, -0.25) is 4.68 Å². The van der Waals surface area contributed by atoms with Gasteiger partial charge in [0.25, 0.3) is 0 Å². The molecule has 5 nitrogen and oxygen atoms in total. The van der Waals surface area contributed by atoms with E-state index in [-0.39, 0.29) is 6.10 Å². The number of aliphatic hydroxyl groups excluding tert-OH is 1. The molecule has 0 amide bonds. The van der Waals surface area contributed by atoms with E-state index in [0.717, 1.165) is 5.82 Å². The Bertz CT molecular complexity index is 295. The van der Waals surface area contributed by atoms with Crippen LogP contribution in [0.5, 0.6) is 0 Å². The number of nitrogens with zero attached hydrogens (tertiary/aromatic N) is 3. The van der Waals surface area contributed by atoms with Crippen molar-refractivity contribution in [3.63, 3.8) is 0 Å². The molecule has 1 aliphatic carbocycles. The zero-order chi connectivity index (χ0) is 9.97. The lowest BCUT2D eigenvalue weighted by atomic mass is 10.2. The Labute approximate surface area is 83.2 Å². The van der Waals surface area contributed by atoms with Gasteiger partial charge in [-0.25, -0.2) is 4.98 Å². The van der Waals surface area contributed by atoms with Gasteiger partial charge in [0.2, 0.25) is 0 Å². The van der Waals surface area contributed by atoms with Crippen molar-refractivity contribution in [1.29, 1.82) is 0 Å². The maximum atomic E-state index is 9.58. The van der Waals surface area contributed by atoms with Crippen LogP contribution in [-0.2, 0) is 13.6 Å². The van der Waals surface area contributed by atoms with Crippen molar-refractivity contribution in [2.24, 2.45) is 13.0 Å². The molecule has 5 heteroatoms. The van der Waals surface area contributed by atoms with Crippen LogP contribution in [0.2, 0.25) is 0 Å². The van der Waals surface area contributed by atoms with Crippen LogP contribution in [0.4, 0.5) is 0 Å². The van der Waals surface area contributed by atoms with E-state index in [2.05, 4.69) is 15.4 Å². The highest BCUT2D eigenvalue weighted by Gasteiger charge is 2.29. The van der Waals surface area contributed by atoms with Crippen LogP contribution in [-0.4, -0.2) is 32.5 Å². The molecule has 1 aromatic rings. The van der Waals surface area contributed by atoms with E-state index in [1.807, 2.05) is 7.05 Å². The normalized spacial score (nSPS) is 18.4. The van der Waals surface area contributed by atoms with Gasteiger partial charge in [-0.1, -0.05) is 0 Å². The summed E-state index contributed by atoms with van der Waals surface area (Å²) in [5.41, 5.74) is 0. The van der Waals surface area contributed by atoms with Gasteiger partial charge in [0.1, 0.15) is 12.2 Å². The van der Waals surface area contributed by atoms with E-state index in [1.165, 1.54) is 19.2 Å². The Morgan fingerprint density at radius 3 is 3.07 bits per heavy atom. The van der Waals surface area contributed by atoms with E-state index >= 15 is 0 Å². The molecule has 78 valence electrons. The first-order valence-electron chi connectivity index (χ1n) is 4.99. The van der Waals surface area contributed by atoms with Gasteiger partial charge < -0.3 is 10.4 Å². The number of aromatic nitrogens is 3. The van der Waals surface area contributed by atoms with Crippen LogP contribution in [0, 0.1) is 5.92 Å². The summed E-state index contributed by atoms with van der Waals surface area (Å²) in [6, 6.07) is 0. The number of hydrogen-bond donors (Lipinski definition) is 2. The molecular formula is C9H16N4O. The summed E-state index contributed by atoms with van der Waals surface area (Å²) in [6.07, 6.45) is 3.69. The van der Waals surface area contributed by atoms with Crippen molar-refractivity contribution < 1.29 is 5.11 Å². The SMILES string of the molecule is Cn1ncnc1CNCC(O)C1CC1. The van der Waals surface area contributed by atoms with Crippen molar-refractivity contribution in [1.82, 2.24) is 20.1 Å². The van der Waals surface area contributed by atoms with Crippen molar-refractivity contribution in [3.05, 3.63) is 12.2 Å². The second kappa shape index (κ2) is 4.06. The molecule has 0 spiro atoms. The molecule has 0 aliphatic heterocycles. The Morgan fingerprint density at radius 1 is 1.71 bits per heavy atom. The lowest BCUT2D eigenvalue weighted by molar-refractivity contribution is 0.148. The smallest absolute Gasteiger partial charge is 0.140 e. The van der Waals surface area contributed by atoms with Gasteiger partial charge in [-0.05, 0) is 18.8 Å². The largest absolute Gasteiger partial charge is 0.392 e. The Kier molecular flexibility index (Phi) is 2.79. The third kappa shape index (κ3) is 2.30. The van der Waals surface area contributed by atoms with Gasteiger partial charge in [0, 0.05) is 13.6 Å². The first kappa shape index (κ1) is 9.61. The maximum absolute atomic E-state index is 9.58. The molecule has 0 saturated heterocycles. The molecule has 1 aliphatic rings. The van der Waals surface area contributed by atoms with Crippen LogP contribution >= 0.6 is 0 Å². The van der Waals surface area contributed by atoms with Crippen LogP contribution in [0.3, 0.4) is 0 Å². The van der Waals surface area contributed by atoms with E-state index in [9.17, 15) is 5.11 Å². The second-order valence-electron chi connectivity index (χ2n) is 3.84. The molecule has 1 fully saturated rings. The van der Waals surface area contributed by atoms with Gasteiger partial charge in [-0.2, -0.15) is 5.10 Å². The summed E-state index contributed by atoms with van der Waals surface area (Å²) in [5, 5.41) is 16.7. The number of aryl methyl sites for hydroxylation is 1. The van der Waals surface area contributed by atoms with E-state index in [1.54, 1.807) is 4.68 Å². The van der Waals surface area contributed by atoms with Crippen molar-refractivity contribution in [2.45, 2.75) is 25.5 Å². The molecule has 14 heavy (non-hydrogen) atoms.